The summed E-state index contributed by atoms with van der Waals surface area (Å²) in [4.78, 5) is 23.7. The van der Waals surface area contributed by atoms with Crippen molar-refractivity contribution in [1.82, 2.24) is 24.8 Å². The first-order chi connectivity index (χ1) is 18.6. The molecule has 0 spiro atoms. The molecule has 0 aliphatic carbocycles. The molecule has 0 radical (unpaired) electrons. The van der Waals surface area contributed by atoms with Crippen LogP contribution in [0.4, 0.5) is 11.4 Å². The number of halogens is 2. The molecule has 0 atom stereocenters. The SMILES string of the molecule is CN1CCN(c2ccc3nc(-c4ccc5nc(-c6ccc(N(CCCl)CCCl)cc6)[nH]c5c4)[nH]c3c2)CC1. The summed E-state index contributed by atoms with van der Waals surface area (Å²) < 4.78 is 0. The van der Waals surface area contributed by atoms with Crippen molar-refractivity contribution in [2.45, 2.75) is 0 Å². The maximum absolute atomic E-state index is 5.97. The molecule has 3 aromatic carbocycles. The highest BCUT2D eigenvalue weighted by Crippen LogP contribution is 2.29. The number of aromatic nitrogens is 4. The molecule has 6 rings (SSSR count). The molecular weight excluding hydrogens is 517 g/mol. The lowest BCUT2D eigenvalue weighted by Crippen LogP contribution is -2.44. The monoisotopic (exact) mass is 547 g/mol. The number of imidazole rings is 2. The van der Waals surface area contributed by atoms with Gasteiger partial charge in [-0.1, -0.05) is 0 Å². The summed E-state index contributed by atoms with van der Waals surface area (Å²) in [5.74, 6) is 2.82. The van der Waals surface area contributed by atoms with E-state index >= 15 is 0 Å². The number of nitrogens with zero attached hydrogens (tertiary/aromatic N) is 5. The van der Waals surface area contributed by atoms with Gasteiger partial charge in [0.2, 0.25) is 0 Å². The van der Waals surface area contributed by atoms with Gasteiger partial charge in [0, 0.05) is 73.5 Å². The van der Waals surface area contributed by atoms with Gasteiger partial charge in [-0.05, 0) is 67.7 Å². The Morgan fingerprint density at radius 3 is 1.97 bits per heavy atom. The smallest absolute Gasteiger partial charge is 0.138 e. The molecule has 1 fully saturated rings. The third-order valence-electron chi connectivity index (χ3n) is 7.30. The molecule has 1 aliphatic rings. The summed E-state index contributed by atoms with van der Waals surface area (Å²) in [6.45, 7) is 5.79. The first-order valence-electron chi connectivity index (χ1n) is 13.0. The lowest BCUT2D eigenvalue weighted by Gasteiger charge is -2.34. The van der Waals surface area contributed by atoms with Crippen LogP contribution in [0.25, 0.3) is 44.8 Å². The zero-order valence-corrected chi connectivity index (χ0v) is 22.9. The van der Waals surface area contributed by atoms with E-state index < -0.39 is 0 Å². The van der Waals surface area contributed by atoms with Crippen molar-refractivity contribution in [1.29, 1.82) is 0 Å². The number of benzene rings is 3. The molecule has 0 unspecified atom stereocenters. The number of piperazine rings is 1. The van der Waals surface area contributed by atoms with Crippen LogP contribution in [0.1, 0.15) is 0 Å². The Kier molecular flexibility index (Phi) is 7.15. The first-order valence-corrected chi connectivity index (χ1v) is 14.1. The molecule has 1 aliphatic heterocycles. The maximum atomic E-state index is 5.97. The molecule has 38 heavy (non-hydrogen) atoms. The second kappa shape index (κ2) is 10.8. The Labute approximate surface area is 232 Å². The summed E-state index contributed by atoms with van der Waals surface area (Å²) in [6.07, 6.45) is 0. The van der Waals surface area contributed by atoms with E-state index in [-0.39, 0.29) is 0 Å². The number of anilines is 2. The van der Waals surface area contributed by atoms with Crippen LogP contribution >= 0.6 is 23.2 Å². The Hall–Kier alpha value is -3.26. The fourth-order valence-corrected chi connectivity index (χ4v) is 5.50. The number of hydrogen-bond acceptors (Lipinski definition) is 5. The number of likely N-dealkylation sites (N-methyl/N-ethyl adjacent to an activating group) is 1. The standard InChI is InChI=1S/C29H31Cl2N7/c1-36-14-16-38(17-15-36)23-7-9-25-27(19-23)35-29(33-25)21-4-8-24-26(18-21)34-28(32-24)20-2-5-22(6-3-20)37(12-10-30)13-11-31/h2-9,18-19H,10-17H2,1H3,(H,32,34)(H,33,35). The highest BCUT2D eigenvalue weighted by Gasteiger charge is 2.16. The fraction of sp³-hybridized carbons (Fsp3) is 0.310. The highest BCUT2D eigenvalue weighted by atomic mass is 35.5. The van der Waals surface area contributed by atoms with Crippen LogP contribution < -0.4 is 9.80 Å². The van der Waals surface area contributed by atoms with Gasteiger partial charge in [-0.15, -0.1) is 23.2 Å². The van der Waals surface area contributed by atoms with Crippen LogP contribution in [0, 0.1) is 0 Å². The number of hydrogen-bond donors (Lipinski definition) is 2. The zero-order chi connectivity index (χ0) is 26.1. The second-order valence-corrected chi connectivity index (χ2v) is 10.6. The van der Waals surface area contributed by atoms with E-state index in [1.807, 2.05) is 6.07 Å². The average molecular weight is 549 g/mol. The van der Waals surface area contributed by atoms with Gasteiger partial charge in [0.05, 0.1) is 22.1 Å². The average Bonchev–Trinajstić information content (AvgIpc) is 3.57. The fourth-order valence-electron chi connectivity index (χ4n) is 5.09. The third-order valence-corrected chi connectivity index (χ3v) is 7.64. The van der Waals surface area contributed by atoms with Crippen LogP contribution in [0.15, 0.2) is 60.7 Å². The van der Waals surface area contributed by atoms with Crippen molar-refractivity contribution >= 4 is 56.6 Å². The van der Waals surface area contributed by atoms with Gasteiger partial charge < -0.3 is 24.7 Å². The minimum Gasteiger partial charge on any atom is -0.369 e. The minimum absolute atomic E-state index is 0.563. The van der Waals surface area contributed by atoms with E-state index in [9.17, 15) is 0 Å². The zero-order valence-electron chi connectivity index (χ0n) is 21.4. The number of H-pyrrole nitrogens is 2. The van der Waals surface area contributed by atoms with Crippen LogP contribution in [0.2, 0.25) is 0 Å². The molecule has 5 aromatic rings. The summed E-state index contributed by atoms with van der Waals surface area (Å²) in [5, 5.41) is 0. The minimum atomic E-state index is 0.563. The second-order valence-electron chi connectivity index (χ2n) is 9.81. The third kappa shape index (κ3) is 5.06. The Bertz CT molecular complexity index is 1530. The number of alkyl halides is 2. The van der Waals surface area contributed by atoms with Gasteiger partial charge in [0.1, 0.15) is 11.6 Å². The molecule has 0 saturated carbocycles. The van der Waals surface area contributed by atoms with Crippen molar-refractivity contribution in [3.05, 3.63) is 60.7 Å². The van der Waals surface area contributed by atoms with Crippen molar-refractivity contribution in [3.63, 3.8) is 0 Å². The van der Waals surface area contributed by atoms with Crippen LogP contribution in [0.5, 0.6) is 0 Å². The van der Waals surface area contributed by atoms with E-state index in [0.717, 1.165) is 89.8 Å². The van der Waals surface area contributed by atoms with Crippen molar-refractivity contribution in [2.24, 2.45) is 0 Å². The van der Waals surface area contributed by atoms with E-state index in [0.29, 0.717) is 11.8 Å². The Morgan fingerprint density at radius 2 is 1.32 bits per heavy atom. The number of fused-ring (bicyclic) bond motifs is 2. The lowest BCUT2D eigenvalue weighted by molar-refractivity contribution is 0.313. The quantitative estimate of drug-likeness (QED) is 0.240. The maximum Gasteiger partial charge on any atom is 0.138 e. The molecule has 0 bridgehead atoms. The number of nitrogens with one attached hydrogen (secondary N) is 2. The molecule has 1 saturated heterocycles. The van der Waals surface area contributed by atoms with Gasteiger partial charge in [0.15, 0.2) is 0 Å². The van der Waals surface area contributed by atoms with Crippen LogP contribution in [-0.4, -0.2) is 82.9 Å². The van der Waals surface area contributed by atoms with E-state index in [4.69, 9.17) is 33.2 Å². The topological polar surface area (TPSA) is 67.1 Å². The highest BCUT2D eigenvalue weighted by molar-refractivity contribution is 6.18. The van der Waals surface area contributed by atoms with Crippen LogP contribution in [0.3, 0.4) is 0 Å². The van der Waals surface area contributed by atoms with Crippen molar-refractivity contribution in [3.8, 4) is 22.8 Å². The van der Waals surface area contributed by atoms with Gasteiger partial charge in [-0.3, -0.25) is 0 Å². The largest absolute Gasteiger partial charge is 0.369 e. The molecule has 3 heterocycles. The molecule has 0 amide bonds. The predicted molar refractivity (Wildman–Crippen MR) is 160 cm³/mol. The Balaban J connectivity index is 1.24. The summed E-state index contributed by atoms with van der Waals surface area (Å²) >= 11 is 11.9. The first kappa shape index (κ1) is 25.0. The van der Waals surface area contributed by atoms with Gasteiger partial charge in [-0.2, -0.15) is 0 Å². The number of rotatable bonds is 8. The molecule has 2 aromatic heterocycles. The van der Waals surface area contributed by atoms with Crippen LogP contribution in [-0.2, 0) is 0 Å². The van der Waals surface area contributed by atoms with Gasteiger partial charge in [-0.25, -0.2) is 9.97 Å². The van der Waals surface area contributed by atoms with Gasteiger partial charge >= 0.3 is 0 Å². The molecule has 9 heteroatoms. The van der Waals surface area contributed by atoms with Crippen molar-refractivity contribution < 1.29 is 0 Å². The number of aromatic amines is 2. The summed E-state index contributed by atoms with van der Waals surface area (Å²) in [6, 6.07) is 21.1. The summed E-state index contributed by atoms with van der Waals surface area (Å²) in [5.41, 5.74) is 8.34. The van der Waals surface area contributed by atoms with E-state index in [2.05, 4.69) is 86.3 Å². The Morgan fingerprint density at radius 1 is 0.737 bits per heavy atom. The predicted octanol–water partition coefficient (Wildman–Crippen LogP) is 5.81. The van der Waals surface area contributed by atoms with Crippen molar-refractivity contribution in [2.75, 3.05) is 67.9 Å². The molecule has 2 N–H and O–H groups in total. The molecular formula is C29H31Cl2N7. The normalized spacial score (nSPS) is 14.6. The van der Waals surface area contributed by atoms with E-state index in [1.165, 1.54) is 5.69 Å². The molecule has 7 nitrogen and oxygen atoms in total. The van der Waals surface area contributed by atoms with Gasteiger partial charge in [0.25, 0.3) is 0 Å². The summed E-state index contributed by atoms with van der Waals surface area (Å²) in [7, 11) is 2.18. The lowest BCUT2D eigenvalue weighted by atomic mass is 10.2. The molecule has 196 valence electrons. The van der Waals surface area contributed by atoms with E-state index in [1.54, 1.807) is 0 Å².